The molecule has 1 heterocycles. The maximum absolute atomic E-state index is 12.0. The van der Waals surface area contributed by atoms with Gasteiger partial charge in [-0.3, -0.25) is 8.98 Å². The quantitative estimate of drug-likeness (QED) is 0.335. The van der Waals surface area contributed by atoms with Gasteiger partial charge in [-0.2, -0.15) is 8.42 Å². The highest BCUT2D eigenvalue weighted by atomic mass is 32.2. The summed E-state index contributed by atoms with van der Waals surface area (Å²) in [6.07, 6.45) is 1.11. The van der Waals surface area contributed by atoms with E-state index in [1.807, 2.05) is 27.7 Å². The summed E-state index contributed by atoms with van der Waals surface area (Å²) in [7, 11) is -3.51. The number of hydrogen-bond acceptors (Lipinski definition) is 8. The Kier molecular flexibility index (Phi) is 5.71. The lowest BCUT2D eigenvalue weighted by Gasteiger charge is -2.32. The second-order valence-electron chi connectivity index (χ2n) is 8.64. The van der Waals surface area contributed by atoms with Gasteiger partial charge in [-0.25, -0.2) is 4.79 Å². The molecule has 0 aromatic heterocycles. The first-order chi connectivity index (χ1) is 12.5. The molecule has 0 aromatic carbocycles. The van der Waals surface area contributed by atoms with Gasteiger partial charge >= 0.3 is 5.97 Å². The molecule has 5 unspecified atom stereocenters. The van der Waals surface area contributed by atoms with Crippen LogP contribution in [0.5, 0.6) is 0 Å². The predicted molar refractivity (Wildman–Crippen MR) is 101 cm³/mol. The van der Waals surface area contributed by atoms with E-state index in [4.69, 9.17) is 13.7 Å². The van der Waals surface area contributed by atoms with Gasteiger partial charge in [0.2, 0.25) is 0 Å². The molecule has 5 atom stereocenters. The number of fused-ring (bicyclic) bond motifs is 1. The summed E-state index contributed by atoms with van der Waals surface area (Å²) in [5.74, 6) is -0.144. The van der Waals surface area contributed by atoms with E-state index in [1.165, 1.54) is 11.8 Å². The monoisotopic (exact) mass is 420 g/mol. The third kappa shape index (κ3) is 3.93. The van der Waals surface area contributed by atoms with Gasteiger partial charge in [-0.05, 0) is 24.7 Å². The van der Waals surface area contributed by atoms with Gasteiger partial charge in [0.15, 0.2) is 5.12 Å². The average molecular weight is 421 g/mol. The van der Waals surface area contributed by atoms with Crippen molar-refractivity contribution in [1.29, 1.82) is 0 Å². The number of thioether (sulfide) groups is 1. The zero-order valence-electron chi connectivity index (χ0n) is 16.2. The lowest BCUT2D eigenvalue weighted by molar-refractivity contribution is -0.155. The lowest BCUT2D eigenvalue weighted by atomic mass is 9.82. The molecule has 3 fully saturated rings. The predicted octanol–water partition coefficient (Wildman–Crippen LogP) is 2.14. The normalized spacial score (nSPS) is 36.1. The first-order valence-electron chi connectivity index (χ1n) is 9.37. The fourth-order valence-corrected chi connectivity index (χ4v) is 7.18. The highest BCUT2D eigenvalue weighted by Crippen LogP contribution is 2.62. The molecular formula is C18H28O7S2. The second kappa shape index (κ2) is 7.31. The van der Waals surface area contributed by atoms with E-state index < -0.39 is 33.5 Å². The lowest BCUT2D eigenvalue weighted by Crippen LogP contribution is -2.42. The number of rotatable bonds is 8. The van der Waals surface area contributed by atoms with Crippen molar-refractivity contribution in [2.45, 2.75) is 64.4 Å². The van der Waals surface area contributed by atoms with Gasteiger partial charge in [0.1, 0.15) is 19.3 Å². The van der Waals surface area contributed by atoms with Gasteiger partial charge in [0.25, 0.3) is 10.1 Å². The molecule has 2 aliphatic carbocycles. The van der Waals surface area contributed by atoms with E-state index in [1.54, 1.807) is 0 Å². The number of hydrogen-bond donors (Lipinski definition) is 0. The van der Waals surface area contributed by atoms with Crippen molar-refractivity contribution in [3.05, 3.63) is 0 Å². The molecule has 0 N–H and O–H groups in total. The molecular weight excluding hydrogens is 392 g/mol. The van der Waals surface area contributed by atoms with Crippen LogP contribution in [0.15, 0.2) is 0 Å². The van der Waals surface area contributed by atoms with Gasteiger partial charge in [0.05, 0.1) is 11.4 Å². The van der Waals surface area contributed by atoms with Crippen LogP contribution in [0.25, 0.3) is 0 Å². The standard InChI is InChI=1S/C18H28O7S2/c1-5-17(2,3)16(20)26-7-6-23-13(19)10-24-15-14-11-8-18(15,4)9-12(11)27(21,22)25-14/h11-12,14-15H,5-10H2,1-4H3. The van der Waals surface area contributed by atoms with Crippen molar-refractivity contribution in [2.75, 3.05) is 19.0 Å². The third-order valence-corrected chi connectivity index (χ3v) is 9.20. The smallest absolute Gasteiger partial charge is 0.332 e. The Morgan fingerprint density at radius 3 is 2.67 bits per heavy atom. The van der Waals surface area contributed by atoms with Crippen LogP contribution in [0.2, 0.25) is 0 Å². The van der Waals surface area contributed by atoms with Crippen LogP contribution in [0, 0.1) is 16.7 Å². The van der Waals surface area contributed by atoms with Crippen molar-refractivity contribution in [3.8, 4) is 0 Å². The molecule has 1 aliphatic heterocycles. The minimum absolute atomic E-state index is 0.0367. The van der Waals surface area contributed by atoms with Crippen molar-refractivity contribution >= 4 is 33.0 Å². The largest absolute Gasteiger partial charge is 0.463 e. The first-order valence-corrected chi connectivity index (χ1v) is 11.8. The molecule has 3 rings (SSSR count). The first kappa shape index (κ1) is 21.1. The van der Waals surface area contributed by atoms with Crippen molar-refractivity contribution in [2.24, 2.45) is 16.7 Å². The molecule has 154 valence electrons. The van der Waals surface area contributed by atoms with Crippen LogP contribution in [0.4, 0.5) is 0 Å². The topological polar surface area (TPSA) is 96.0 Å². The van der Waals surface area contributed by atoms with Gasteiger partial charge in [-0.1, -0.05) is 39.5 Å². The molecule has 0 radical (unpaired) electrons. The summed E-state index contributed by atoms with van der Waals surface area (Å²) < 4.78 is 40.2. The summed E-state index contributed by atoms with van der Waals surface area (Å²) in [4.78, 5) is 23.9. The Bertz CT molecular complexity index is 717. The number of ether oxygens (including phenoxy) is 2. The van der Waals surface area contributed by atoms with E-state index in [0.717, 1.165) is 12.8 Å². The minimum atomic E-state index is -3.51. The van der Waals surface area contributed by atoms with Crippen molar-refractivity contribution in [1.82, 2.24) is 0 Å². The van der Waals surface area contributed by atoms with Gasteiger partial charge < -0.3 is 9.47 Å². The van der Waals surface area contributed by atoms with Crippen LogP contribution in [-0.4, -0.2) is 55.9 Å². The zero-order valence-corrected chi connectivity index (χ0v) is 17.9. The van der Waals surface area contributed by atoms with Crippen LogP contribution in [0.1, 0.15) is 47.0 Å². The summed E-state index contributed by atoms with van der Waals surface area (Å²) in [6.45, 7) is 7.66. The molecule has 7 nitrogen and oxygen atoms in total. The molecule has 9 heteroatoms. The maximum atomic E-state index is 12.0. The van der Waals surface area contributed by atoms with E-state index in [-0.39, 0.29) is 35.1 Å². The average Bonchev–Trinajstić information content (AvgIpc) is 3.13. The Morgan fingerprint density at radius 1 is 1.30 bits per heavy atom. The van der Waals surface area contributed by atoms with Gasteiger partial charge in [0, 0.05) is 17.1 Å². The molecule has 2 bridgehead atoms. The van der Waals surface area contributed by atoms with E-state index in [2.05, 4.69) is 0 Å². The molecule has 0 spiro atoms. The maximum Gasteiger partial charge on any atom is 0.332 e. The third-order valence-electron chi connectivity index (χ3n) is 6.27. The fourth-order valence-electron chi connectivity index (χ4n) is 4.33. The van der Waals surface area contributed by atoms with Crippen LogP contribution < -0.4 is 0 Å². The Hall–Kier alpha value is -0.640. The Balaban J connectivity index is 1.41. The zero-order chi connectivity index (χ0) is 20.0. The highest BCUT2D eigenvalue weighted by molar-refractivity contribution is 8.13. The fraction of sp³-hybridized carbons (Fsp3) is 0.889. The van der Waals surface area contributed by atoms with Crippen LogP contribution in [0.3, 0.4) is 0 Å². The Labute approximate surface area is 165 Å². The van der Waals surface area contributed by atoms with E-state index in [9.17, 15) is 18.0 Å². The van der Waals surface area contributed by atoms with Crippen LogP contribution in [-0.2, 0) is 33.4 Å². The SMILES string of the molecule is CCC(C)(C)C(=O)SCCOC(=O)COC1C2OS(=O)(=O)C3CC1(C)CC23. The van der Waals surface area contributed by atoms with Crippen molar-refractivity contribution < 1.29 is 31.7 Å². The summed E-state index contributed by atoms with van der Waals surface area (Å²) in [6, 6.07) is 0. The van der Waals surface area contributed by atoms with Crippen LogP contribution >= 0.6 is 11.8 Å². The second-order valence-corrected chi connectivity index (χ2v) is 11.5. The highest BCUT2D eigenvalue weighted by Gasteiger charge is 2.69. The number of esters is 1. The Morgan fingerprint density at radius 2 is 2.00 bits per heavy atom. The van der Waals surface area contributed by atoms with E-state index in [0.29, 0.717) is 12.2 Å². The van der Waals surface area contributed by atoms with E-state index >= 15 is 0 Å². The molecule has 0 aromatic rings. The molecule has 2 saturated carbocycles. The molecule has 1 saturated heterocycles. The number of carbonyl (C=O) groups excluding carboxylic acids is 2. The van der Waals surface area contributed by atoms with Gasteiger partial charge in [-0.15, -0.1) is 0 Å². The van der Waals surface area contributed by atoms with Crippen molar-refractivity contribution in [3.63, 3.8) is 0 Å². The number of carbonyl (C=O) groups is 2. The minimum Gasteiger partial charge on any atom is -0.463 e. The summed E-state index contributed by atoms with van der Waals surface area (Å²) in [5.41, 5.74) is -0.660. The molecule has 27 heavy (non-hydrogen) atoms. The summed E-state index contributed by atoms with van der Waals surface area (Å²) in [5, 5.41) is -0.345. The summed E-state index contributed by atoms with van der Waals surface area (Å²) >= 11 is 1.17. The molecule has 3 aliphatic rings. The molecule has 0 amide bonds.